The minimum absolute atomic E-state index is 0.0384. The highest BCUT2D eigenvalue weighted by molar-refractivity contribution is 7.89. The lowest BCUT2D eigenvalue weighted by Crippen LogP contribution is -2.50. The van der Waals surface area contributed by atoms with Crippen LogP contribution in [0.4, 0.5) is 0 Å². The Morgan fingerprint density at radius 1 is 0.969 bits per heavy atom. The predicted octanol–water partition coefficient (Wildman–Crippen LogP) is 2.26. The van der Waals surface area contributed by atoms with E-state index in [4.69, 9.17) is 0 Å². The number of carbonyl (C=O) groups excluding carboxylic acids is 3. The summed E-state index contributed by atoms with van der Waals surface area (Å²) in [7, 11) is -0.829. The van der Waals surface area contributed by atoms with Crippen LogP contribution in [-0.4, -0.2) is 55.5 Å². The van der Waals surface area contributed by atoms with Crippen LogP contribution in [0.2, 0.25) is 0 Å². The first-order chi connectivity index (χ1) is 15.1. The average molecular weight is 458 g/mol. The van der Waals surface area contributed by atoms with Gasteiger partial charge in [-0.2, -0.15) is 0 Å². The van der Waals surface area contributed by atoms with E-state index >= 15 is 0 Å². The molecule has 0 aromatic heterocycles. The Labute approximate surface area is 188 Å². The van der Waals surface area contributed by atoms with E-state index in [9.17, 15) is 22.8 Å². The van der Waals surface area contributed by atoms with Gasteiger partial charge in [-0.3, -0.25) is 19.3 Å². The van der Waals surface area contributed by atoms with E-state index in [0.717, 1.165) is 9.21 Å². The zero-order valence-electron chi connectivity index (χ0n) is 18.5. The molecular weight excluding hydrogens is 430 g/mol. The molecule has 3 rings (SSSR count). The van der Waals surface area contributed by atoms with E-state index in [1.54, 1.807) is 42.5 Å². The van der Waals surface area contributed by atoms with E-state index in [1.165, 1.54) is 20.2 Å². The Morgan fingerprint density at radius 3 is 2.03 bits per heavy atom. The smallest absolute Gasteiger partial charge is 0.262 e. The fourth-order valence-electron chi connectivity index (χ4n) is 3.67. The van der Waals surface area contributed by atoms with Gasteiger partial charge in [0.25, 0.3) is 11.8 Å². The van der Waals surface area contributed by atoms with Crippen molar-refractivity contribution in [2.24, 2.45) is 5.92 Å². The number of rotatable bonds is 8. The highest BCUT2D eigenvalue weighted by Crippen LogP contribution is 2.27. The second-order valence-corrected chi connectivity index (χ2v) is 10.4. The summed E-state index contributed by atoms with van der Waals surface area (Å²) in [5.74, 6) is -1.47. The van der Waals surface area contributed by atoms with E-state index in [2.05, 4.69) is 5.32 Å². The van der Waals surface area contributed by atoms with Crippen LogP contribution in [0.1, 0.15) is 46.5 Å². The molecule has 0 saturated heterocycles. The molecule has 1 heterocycles. The summed E-state index contributed by atoms with van der Waals surface area (Å²) in [5, 5.41) is 2.73. The van der Waals surface area contributed by atoms with Gasteiger partial charge in [-0.25, -0.2) is 12.7 Å². The summed E-state index contributed by atoms with van der Waals surface area (Å²) >= 11 is 0. The van der Waals surface area contributed by atoms with Gasteiger partial charge in [0.1, 0.15) is 6.04 Å². The van der Waals surface area contributed by atoms with Crippen LogP contribution < -0.4 is 5.32 Å². The highest BCUT2D eigenvalue weighted by atomic mass is 32.2. The Balaban J connectivity index is 1.86. The summed E-state index contributed by atoms with van der Waals surface area (Å²) in [6.45, 7) is 3.74. The molecule has 1 N–H and O–H groups in total. The lowest BCUT2D eigenvalue weighted by Gasteiger charge is -2.27. The lowest BCUT2D eigenvalue weighted by molar-refractivity contribution is -0.125. The van der Waals surface area contributed by atoms with Gasteiger partial charge in [0.15, 0.2) is 0 Å². The number of hydrogen-bond acceptors (Lipinski definition) is 5. The number of nitrogens with zero attached hydrogens (tertiary/aromatic N) is 2. The molecule has 2 aromatic carbocycles. The quantitative estimate of drug-likeness (QED) is 0.613. The van der Waals surface area contributed by atoms with Crippen molar-refractivity contribution < 1.29 is 22.8 Å². The average Bonchev–Trinajstić information content (AvgIpc) is 3.00. The van der Waals surface area contributed by atoms with Crippen LogP contribution in [0.5, 0.6) is 0 Å². The second kappa shape index (κ2) is 9.22. The molecule has 1 atom stereocenters. The van der Waals surface area contributed by atoms with Gasteiger partial charge in [0.05, 0.1) is 16.0 Å². The normalized spacial score (nSPS) is 14.8. The maximum atomic E-state index is 13.2. The first-order valence-electron chi connectivity index (χ1n) is 10.3. The monoisotopic (exact) mass is 457 g/mol. The molecule has 8 nitrogen and oxygen atoms in total. The van der Waals surface area contributed by atoms with Crippen LogP contribution >= 0.6 is 0 Å². The summed E-state index contributed by atoms with van der Waals surface area (Å²) < 4.78 is 26.3. The fourth-order valence-corrected chi connectivity index (χ4v) is 4.78. The van der Waals surface area contributed by atoms with Crippen molar-refractivity contribution in [1.82, 2.24) is 14.5 Å². The number of carbonyl (C=O) groups is 3. The Bertz CT molecular complexity index is 1120. The Kier molecular flexibility index (Phi) is 6.80. The van der Waals surface area contributed by atoms with Crippen molar-refractivity contribution >= 4 is 27.7 Å². The van der Waals surface area contributed by atoms with E-state index < -0.39 is 33.8 Å². The maximum absolute atomic E-state index is 13.2. The second-order valence-electron chi connectivity index (χ2n) is 8.28. The molecule has 0 fully saturated rings. The van der Waals surface area contributed by atoms with Crippen LogP contribution in [0.25, 0.3) is 0 Å². The van der Waals surface area contributed by atoms with Gasteiger partial charge < -0.3 is 5.32 Å². The number of fused-ring (bicyclic) bond motifs is 1. The van der Waals surface area contributed by atoms with E-state index in [1.807, 2.05) is 13.8 Å². The van der Waals surface area contributed by atoms with Crippen molar-refractivity contribution in [1.29, 1.82) is 0 Å². The van der Waals surface area contributed by atoms with Gasteiger partial charge >= 0.3 is 0 Å². The molecule has 1 aliphatic heterocycles. The fraction of sp³-hybridized carbons (Fsp3) is 0.348. The topological polar surface area (TPSA) is 104 Å². The molecule has 3 amide bonds. The molecule has 0 radical (unpaired) electrons. The largest absolute Gasteiger partial charge is 0.350 e. The van der Waals surface area contributed by atoms with Gasteiger partial charge in [-0.15, -0.1) is 0 Å². The summed E-state index contributed by atoms with van der Waals surface area (Å²) in [5.41, 5.74) is 0.975. The minimum Gasteiger partial charge on any atom is -0.350 e. The molecule has 0 spiro atoms. The van der Waals surface area contributed by atoms with Crippen molar-refractivity contribution in [3.05, 3.63) is 65.2 Å². The van der Waals surface area contributed by atoms with Gasteiger partial charge in [-0.05, 0) is 36.1 Å². The van der Waals surface area contributed by atoms with Crippen molar-refractivity contribution in [2.45, 2.75) is 37.8 Å². The summed E-state index contributed by atoms with van der Waals surface area (Å²) in [6.07, 6.45) is 0.287. The molecule has 1 aliphatic rings. The number of benzene rings is 2. The van der Waals surface area contributed by atoms with Crippen LogP contribution in [0.3, 0.4) is 0 Å². The lowest BCUT2D eigenvalue weighted by atomic mass is 10.0. The first-order valence-corrected chi connectivity index (χ1v) is 11.7. The molecule has 9 heteroatoms. The summed E-state index contributed by atoms with van der Waals surface area (Å²) in [4.78, 5) is 40.1. The molecule has 0 aliphatic carbocycles. The van der Waals surface area contributed by atoms with Crippen LogP contribution in [0, 0.1) is 5.92 Å². The molecule has 0 unspecified atom stereocenters. The summed E-state index contributed by atoms with van der Waals surface area (Å²) in [6, 6.07) is 11.9. The molecular formula is C23H27N3O5S. The predicted molar refractivity (Wildman–Crippen MR) is 119 cm³/mol. The highest BCUT2D eigenvalue weighted by Gasteiger charge is 2.42. The van der Waals surface area contributed by atoms with Crippen LogP contribution in [-0.2, 0) is 21.4 Å². The third-order valence-electron chi connectivity index (χ3n) is 5.32. The minimum atomic E-state index is -3.70. The van der Waals surface area contributed by atoms with E-state index in [-0.39, 0.29) is 34.9 Å². The zero-order chi connectivity index (χ0) is 23.6. The molecule has 32 heavy (non-hydrogen) atoms. The zero-order valence-corrected chi connectivity index (χ0v) is 19.3. The molecule has 170 valence electrons. The van der Waals surface area contributed by atoms with Gasteiger partial charge in [0.2, 0.25) is 15.9 Å². The number of sulfonamides is 1. The number of hydrogen-bond donors (Lipinski definition) is 1. The van der Waals surface area contributed by atoms with Crippen molar-refractivity contribution in [3.8, 4) is 0 Å². The number of nitrogens with one attached hydrogen (secondary N) is 1. The first kappa shape index (κ1) is 23.6. The van der Waals surface area contributed by atoms with Crippen molar-refractivity contribution in [3.63, 3.8) is 0 Å². The molecule has 0 bridgehead atoms. The third-order valence-corrected chi connectivity index (χ3v) is 7.23. The van der Waals surface area contributed by atoms with Gasteiger partial charge in [0, 0.05) is 20.6 Å². The number of amides is 3. The SMILES string of the molecule is CC(C)C[C@H](C(=O)NCc1ccccc1S(=O)(=O)N(C)C)N1C(=O)c2ccccc2C1=O. The third kappa shape index (κ3) is 4.44. The van der Waals surface area contributed by atoms with Crippen LogP contribution in [0.15, 0.2) is 53.4 Å². The molecule has 0 saturated carbocycles. The molecule has 2 aromatic rings. The Morgan fingerprint density at radius 2 is 1.50 bits per heavy atom. The van der Waals surface area contributed by atoms with Gasteiger partial charge in [-0.1, -0.05) is 44.2 Å². The standard InChI is InChI=1S/C23H27N3O5S/c1-15(2)13-19(26-22(28)17-10-6-7-11-18(17)23(26)29)21(27)24-14-16-9-5-8-12-20(16)32(30,31)25(3)4/h5-12,15,19H,13-14H2,1-4H3,(H,24,27)/t19-/m1/s1. The number of imide groups is 1. The Hall–Kier alpha value is -3.04. The van der Waals surface area contributed by atoms with E-state index in [0.29, 0.717) is 5.56 Å². The van der Waals surface area contributed by atoms with Crippen molar-refractivity contribution in [2.75, 3.05) is 14.1 Å². The maximum Gasteiger partial charge on any atom is 0.262 e.